The third-order valence-electron chi connectivity index (χ3n) is 3.21. The van der Waals surface area contributed by atoms with E-state index in [0.29, 0.717) is 25.2 Å². The Labute approximate surface area is 129 Å². The number of esters is 1. The number of Topliss-reactive ketones (excluding diaryl/α,β-unsaturated/α-hetero) is 1. The van der Waals surface area contributed by atoms with Crippen molar-refractivity contribution in [2.24, 2.45) is 0 Å². The first-order valence-corrected chi connectivity index (χ1v) is 8.26. The third kappa shape index (κ3) is 6.84. The largest absolute Gasteiger partial charge is 0.467 e. The van der Waals surface area contributed by atoms with E-state index in [1.165, 1.54) is 18.9 Å². The fourth-order valence-corrected chi connectivity index (χ4v) is 3.23. The van der Waals surface area contributed by atoms with Gasteiger partial charge in [-0.15, -0.1) is 0 Å². The van der Waals surface area contributed by atoms with Crippen LogP contribution in [0.3, 0.4) is 0 Å². The van der Waals surface area contributed by atoms with Crippen LogP contribution in [0.2, 0.25) is 0 Å². The van der Waals surface area contributed by atoms with E-state index in [0.717, 1.165) is 19.3 Å². The van der Waals surface area contributed by atoms with E-state index in [2.05, 4.69) is 10.1 Å². The molecule has 2 unspecified atom stereocenters. The van der Waals surface area contributed by atoms with Crippen molar-refractivity contribution in [2.45, 2.75) is 50.3 Å². The van der Waals surface area contributed by atoms with Crippen LogP contribution < -0.4 is 5.32 Å². The molecule has 6 nitrogen and oxygen atoms in total. The van der Waals surface area contributed by atoms with Gasteiger partial charge >= 0.3 is 12.1 Å². The summed E-state index contributed by atoms with van der Waals surface area (Å²) in [5, 5.41) is 2.74. The topological polar surface area (TPSA) is 81.7 Å². The predicted octanol–water partition coefficient (Wildman–Crippen LogP) is 1.91. The molecule has 1 N–H and O–H groups in total. The summed E-state index contributed by atoms with van der Waals surface area (Å²) < 4.78 is 9.66. The van der Waals surface area contributed by atoms with Gasteiger partial charge in [-0.05, 0) is 12.8 Å². The molecule has 21 heavy (non-hydrogen) atoms. The maximum atomic E-state index is 11.7. The van der Waals surface area contributed by atoms with E-state index in [4.69, 9.17) is 4.74 Å². The van der Waals surface area contributed by atoms with Gasteiger partial charge in [0.05, 0.1) is 13.7 Å². The normalized spacial score (nSPS) is 19.1. The summed E-state index contributed by atoms with van der Waals surface area (Å²) in [5.74, 6) is 0.140. The summed E-state index contributed by atoms with van der Waals surface area (Å²) in [4.78, 5) is 34.5. The molecule has 1 aliphatic rings. The quantitative estimate of drug-likeness (QED) is 0.544. The molecule has 0 saturated heterocycles. The standard InChI is InChI=1S/C14H23NO5S/c1-3-4-7-20-14(18)15-12(13(17)19-2)9-21-11-6-5-10(16)8-11/h11-12H,3-9H2,1-2H3,(H,15,18). The van der Waals surface area contributed by atoms with E-state index in [9.17, 15) is 14.4 Å². The van der Waals surface area contributed by atoms with Crippen LogP contribution in [0.1, 0.15) is 39.0 Å². The smallest absolute Gasteiger partial charge is 0.407 e. The Hall–Kier alpha value is -1.24. The predicted molar refractivity (Wildman–Crippen MR) is 80.3 cm³/mol. The number of hydrogen-bond donors (Lipinski definition) is 1. The second-order valence-corrected chi connectivity index (χ2v) is 6.28. The zero-order valence-electron chi connectivity index (χ0n) is 12.6. The summed E-state index contributed by atoms with van der Waals surface area (Å²) in [6.07, 6.45) is 3.08. The number of hydrogen-bond acceptors (Lipinski definition) is 6. The minimum Gasteiger partial charge on any atom is -0.467 e. The molecule has 1 aliphatic carbocycles. The van der Waals surface area contributed by atoms with Crippen molar-refractivity contribution >= 4 is 29.6 Å². The van der Waals surface area contributed by atoms with E-state index < -0.39 is 18.1 Å². The fraction of sp³-hybridized carbons (Fsp3) is 0.786. The van der Waals surface area contributed by atoms with Crippen molar-refractivity contribution < 1.29 is 23.9 Å². The van der Waals surface area contributed by atoms with Crippen molar-refractivity contribution in [1.29, 1.82) is 0 Å². The lowest BCUT2D eigenvalue weighted by Gasteiger charge is -2.17. The number of methoxy groups -OCH3 is 1. The Balaban J connectivity index is 2.38. The van der Waals surface area contributed by atoms with Gasteiger partial charge in [0.25, 0.3) is 0 Å². The summed E-state index contributed by atoms with van der Waals surface area (Å²) in [6, 6.07) is -0.746. The highest BCUT2D eigenvalue weighted by molar-refractivity contribution is 8.00. The van der Waals surface area contributed by atoms with Gasteiger partial charge in [-0.25, -0.2) is 9.59 Å². The molecule has 0 spiro atoms. The summed E-state index contributed by atoms with van der Waals surface area (Å²) in [7, 11) is 1.28. The zero-order chi connectivity index (χ0) is 15.7. The summed E-state index contributed by atoms with van der Waals surface area (Å²) in [6.45, 7) is 2.33. The molecule has 0 aliphatic heterocycles. The van der Waals surface area contributed by atoms with Crippen molar-refractivity contribution in [1.82, 2.24) is 5.32 Å². The number of unbranched alkanes of at least 4 members (excludes halogenated alkanes) is 1. The van der Waals surface area contributed by atoms with E-state index in [1.807, 2.05) is 6.92 Å². The monoisotopic (exact) mass is 317 g/mol. The zero-order valence-corrected chi connectivity index (χ0v) is 13.4. The average molecular weight is 317 g/mol. The highest BCUT2D eigenvalue weighted by atomic mass is 32.2. The highest BCUT2D eigenvalue weighted by Crippen LogP contribution is 2.27. The van der Waals surface area contributed by atoms with Crippen LogP contribution in [0.5, 0.6) is 0 Å². The van der Waals surface area contributed by atoms with Gasteiger partial charge in [-0.3, -0.25) is 4.79 Å². The van der Waals surface area contributed by atoms with Crippen LogP contribution in [0.15, 0.2) is 0 Å². The number of alkyl carbamates (subject to hydrolysis) is 1. The van der Waals surface area contributed by atoms with E-state index >= 15 is 0 Å². The molecule has 120 valence electrons. The number of ketones is 1. The van der Waals surface area contributed by atoms with Crippen LogP contribution in [-0.4, -0.2) is 48.6 Å². The molecule has 0 heterocycles. The summed E-state index contributed by atoms with van der Waals surface area (Å²) in [5.41, 5.74) is 0. The van der Waals surface area contributed by atoms with Gasteiger partial charge in [0.15, 0.2) is 0 Å². The lowest BCUT2D eigenvalue weighted by Crippen LogP contribution is -2.44. The van der Waals surface area contributed by atoms with Gasteiger partial charge < -0.3 is 14.8 Å². The number of carbonyl (C=O) groups excluding carboxylic acids is 3. The average Bonchev–Trinajstić information content (AvgIpc) is 2.88. The Morgan fingerprint density at radius 2 is 2.24 bits per heavy atom. The molecule has 1 rings (SSSR count). The molecular formula is C14H23NO5S. The minimum absolute atomic E-state index is 0.225. The molecule has 0 aromatic rings. The van der Waals surface area contributed by atoms with Crippen LogP contribution in [-0.2, 0) is 19.1 Å². The molecule has 0 aromatic carbocycles. The van der Waals surface area contributed by atoms with Crippen molar-refractivity contribution in [2.75, 3.05) is 19.5 Å². The Morgan fingerprint density at radius 1 is 1.48 bits per heavy atom. The van der Waals surface area contributed by atoms with Crippen LogP contribution in [0.4, 0.5) is 4.79 Å². The lowest BCUT2D eigenvalue weighted by molar-refractivity contribution is -0.142. The molecule has 1 fully saturated rings. The van der Waals surface area contributed by atoms with Crippen molar-refractivity contribution in [3.05, 3.63) is 0 Å². The van der Waals surface area contributed by atoms with Gasteiger partial charge in [0.2, 0.25) is 0 Å². The van der Waals surface area contributed by atoms with Crippen molar-refractivity contribution in [3.8, 4) is 0 Å². The molecule has 1 amide bonds. The number of rotatable bonds is 8. The Bertz CT molecular complexity index is 374. The second-order valence-electron chi connectivity index (χ2n) is 4.95. The Morgan fingerprint density at radius 3 is 2.81 bits per heavy atom. The number of ether oxygens (including phenoxy) is 2. The SMILES string of the molecule is CCCCOC(=O)NC(CSC1CCC(=O)C1)C(=O)OC. The number of thioether (sulfide) groups is 1. The van der Waals surface area contributed by atoms with E-state index in [1.54, 1.807) is 0 Å². The van der Waals surface area contributed by atoms with Crippen LogP contribution >= 0.6 is 11.8 Å². The summed E-state index contributed by atoms with van der Waals surface area (Å²) >= 11 is 1.52. The second kappa shape index (κ2) is 9.65. The Kier molecular flexibility index (Phi) is 8.19. The van der Waals surface area contributed by atoms with Gasteiger partial charge in [-0.1, -0.05) is 13.3 Å². The molecule has 1 saturated carbocycles. The lowest BCUT2D eigenvalue weighted by atomic mass is 10.3. The van der Waals surface area contributed by atoms with Gasteiger partial charge in [0.1, 0.15) is 11.8 Å². The van der Waals surface area contributed by atoms with E-state index in [-0.39, 0.29) is 11.0 Å². The molecule has 7 heteroatoms. The number of carbonyl (C=O) groups is 3. The first-order valence-electron chi connectivity index (χ1n) is 7.21. The van der Waals surface area contributed by atoms with Crippen molar-refractivity contribution in [3.63, 3.8) is 0 Å². The van der Waals surface area contributed by atoms with Gasteiger partial charge in [-0.2, -0.15) is 11.8 Å². The molecule has 0 aromatic heterocycles. The van der Waals surface area contributed by atoms with Gasteiger partial charge in [0, 0.05) is 23.8 Å². The number of amides is 1. The number of nitrogens with one attached hydrogen (secondary N) is 1. The minimum atomic E-state index is -0.746. The third-order valence-corrected chi connectivity index (χ3v) is 4.61. The first kappa shape index (κ1) is 17.8. The molecular weight excluding hydrogens is 294 g/mol. The maximum absolute atomic E-state index is 11.7. The highest BCUT2D eigenvalue weighted by Gasteiger charge is 2.27. The van der Waals surface area contributed by atoms with Crippen LogP contribution in [0, 0.1) is 0 Å². The fourth-order valence-electron chi connectivity index (χ4n) is 1.96. The maximum Gasteiger partial charge on any atom is 0.407 e. The molecule has 0 radical (unpaired) electrons. The van der Waals surface area contributed by atoms with Crippen LogP contribution in [0.25, 0.3) is 0 Å². The molecule has 0 bridgehead atoms. The first-order chi connectivity index (χ1) is 10.1. The molecule has 2 atom stereocenters.